The van der Waals surface area contributed by atoms with Crippen LogP contribution in [0.1, 0.15) is 11.1 Å². The number of hydrogen-bond donors (Lipinski definition) is 1. The summed E-state index contributed by atoms with van der Waals surface area (Å²) in [6.45, 7) is 3.57. The maximum Gasteiger partial charge on any atom is 0.396 e. The molecule has 0 aromatic heterocycles. The SMILES string of the molecule is Cc1cccc(C)c1N=NS(=O)(=O)O. The lowest BCUT2D eigenvalue weighted by Crippen LogP contribution is -1.89. The van der Waals surface area contributed by atoms with E-state index in [0.717, 1.165) is 11.1 Å². The van der Waals surface area contributed by atoms with Crippen LogP contribution in [0.25, 0.3) is 0 Å². The van der Waals surface area contributed by atoms with Gasteiger partial charge in [0.05, 0.1) is 5.69 Å². The van der Waals surface area contributed by atoms with Crippen molar-refractivity contribution in [2.75, 3.05) is 0 Å². The van der Waals surface area contributed by atoms with Crippen LogP contribution in [-0.4, -0.2) is 13.0 Å². The molecule has 14 heavy (non-hydrogen) atoms. The summed E-state index contributed by atoms with van der Waals surface area (Å²) in [6, 6.07) is 5.40. The van der Waals surface area contributed by atoms with Gasteiger partial charge in [-0.1, -0.05) is 18.2 Å². The number of aryl methyl sites for hydroxylation is 2. The van der Waals surface area contributed by atoms with Crippen LogP contribution in [-0.2, 0) is 10.3 Å². The minimum Gasteiger partial charge on any atom is -0.267 e. The molecular formula is C8H10N2O3S. The molecule has 0 radical (unpaired) electrons. The number of hydrogen-bond acceptors (Lipinski definition) is 3. The fourth-order valence-corrected chi connectivity index (χ4v) is 1.24. The van der Waals surface area contributed by atoms with Crippen molar-refractivity contribution in [1.82, 2.24) is 0 Å². The minimum absolute atomic E-state index is 0.463. The molecule has 0 unspecified atom stereocenters. The van der Waals surface area contributed by atoms with E-state index in [-0.39, 0.29) is 0 Å². The van der Waals surface area contributed by atoms with Crippen molar-refractivity contribution in [2.45, 2.75) is 13.8 Å². The quantitative estimate of drug-likeness (QED) is 0.605. The summed E-state index contributed by atoms with van der Waals surface area (Å²) < 4.78 is 31.8. The second-order valence-corrected chi connectivity index (χ2v) is 3.93. The van der Waals surface area contributed by atoms with Crippen LogP contribution in [0.5, 0.6) is 0 Å². The molecule has 0 saturated carbocycles. The molecule has 0 bridgehead atoms. The van der Waals surface area contributed by atoms with E-state index in [1.807, 2.05) is 6.07 Å². The summed E-state index contributed by atoms with van der Waals surface area (Å²) in [6.07, 6.45) is 0. The molecule has 0 atom stereocenters. The lowest BCUT2D eigenvalue weighted by molar-refractivity contribution is 0.482. The molecule has 0 fully saturated rings. The zero-order valence-electron chi connectivity index (χ0n) is 7.80. The van der Waals surface area contributed by atoms with E-state index >= 15 is 0 Å². The monoisotopic (exact) mass is 214 g/mol. The summed E-state index contributed by atoms with van der Waals surface area (Å²) >= 11 is 0. The van der Waals surface area contributed by atoms with Gasteiger partial charge in [0.15, 0.2) is 0 Å². The van der Waals surface area contributed by atoms with E-state index in [1.54, 1.807) is 26.0 Å². The number of benzene rings is 1. The third-order valence-corrected chi connectivity index (χ3v) is 1.97. The average Bonchev–Trinajstić information content (AvgIpc) is 2.01. The molecule has 0 amide bonds. The molecule has 1 rings (SSSR count). The molecule has 1 N–H and O–H groups in total. The summed E-state index contributed by atoms with van der Waals surface area (Å²) in [4.78, 5) is 0. The molecule has 5 nitrogen and oxygen atoms in total. The summed E-state index contributed by atoms with van der Waals surface area (Å²) in [5, 5.41) is 3.46. The van der Waals surface area contributed by atoms with Gasteiger partial charge in [0.2, 0.25) is 0 Å². The topological polar surface area (TPSA) is 79.1 Å². The van der Waals surface area contributed by atoms with E-state index in [0.29, 0.717) is 5.69 Å². The Labute approximate surface area is 82.4 Å². The molecule has 1 aromatic carbocycles. The largest absolute Gasteiger partial charge is 0.396 e. The fraction of sp³-hybridized carbons (Fsp3) is 0.250. The second kappa shape index (κ2) is 3.85. The molecule has 1 aromatic rings. The van der Waals surface area contributed by atoms with Crippen molar-refractivity contribution in [3.05, 3.63) is 29.3 Å². The zero-order valence-corrected chi connectivity index (χ0v) is 8.61. The molecule has 0 heterocycles. The molecule has 0 aliphatic rings. The van der Waals surface area contributed by atoms with Crippen molar-refractivity contribution in [2.24, 2.45) is 9.63 Å². The van der Waals surface area contributed by atoms with Crippen LogP contribution in [0.2, 0.25) is 0 Å². The Balaban J connectivity index is 3.15. The maximum atomic E-state index is 10.3. The Kier molecular flexibility index (Phi) is 2.97. The molecule has 0 saturated heterocycles. The van der Waals surface area contributed by atoms with Gasteiger partial charge in [-0.2, -0.15) is 8.42 Å². The molecule has 0 aliphatic carbocycles. The first-order chi connectivity index (χ1) is 6.40. The highest BCUT2D eigenvalue weighted by molar-refractivity contribution is 7.84. The van der Waals surface area contributed by atoms with Crippen molar-refractivity contribution < 1.29 is 13.0 Å². The summed E-state index contributed by atoms with van der Waals surface area (Å²) in [7, 11) is -4.40. The standard InChI is InChI=1S/C8H10N2O3S/c1-6-4-3-5-7(2)8(6)9-10-14(11,12)13/h3-5H,1-2H3,(H,11,12,13). The first-order valence-corrected chi connectivity index (χ1v) is 5.26. The molecule has 6 heteroatoms. The third kappa shape index (κ3) is 2.90. The van der Waals surface area contributed by atoms with Gasteiger partial charge in [0, 0.05) is 0 Å². The van der Waals surface area contributed by atoms with Crippen LogP contribution >= 0.6 is 0 Å². The van der Waals surface area contributed by atoms with E-state index < -0.39 is 10.3 Å². The van der Waals surface area contributed by atoms with Crippen molar-refractivity contribution in [3.63, 3.8) is 0 Å². The molecular weight excluding hydrogens is 204 g/mol. The fourth-order valence-electron chi connectivity index (χ4n) is 1.06. The lowest BCUT2D eigenvalue weighted by atomic mass is 10.1. The van der Waals surface area contributed by atoms with Gasteiger partial charge in [0.1, 0.15) is 0 Å². The van der Waals surface area contributed by atoms with Gasteiger partial charge in [0.25, 0.3) is 0 Å². The van der Waals surface area contributed by atoms with E-state index in [2.05, 4.69) is 9.63 Å². The van der Waals surface area contributed by atoms with Gasteiger partial charge in [-0.3, -0.25) is 4.55 Å². The smallest absolute Gasteiger partial charge is 0.267 e. The normalized spacial score (nSPS) is 12.2. The Bertz CT molecular complexity index is 445. The van der Waals surface area contributed by atoms with Gasteiger partial charge in [-0.15, -0.1) is 5.11 Å². The van der Waals surface area contributed by atoms with E-state index in [9.17, 15) is 8.42 Å². The highest BCUT2D eigenvalue weighted by atomic mass is 32.2. The van der Waals surface area contributed by atoms with Crippen LogP contribution < -0.4 is 0 Å². The van der Waals surface area contributed by atoms with E-state index in [1.165, 1.54) is 0 Å². The minimum atomic E-state index is -4.40. The van der Waals surface area contributed by atoms with Crippen LogP contribution in [0.4, 0.5) is 5.69 Å². The van der Waals surface area contributed by atoms with Gasteiger partial charge in [-0.25, -0.2) is 0 Å². The lowest BCUT2D eigenvalue weighted by Gasteiger charge is -2.00. The van der Waals surface area contributed by atoms with E-state index in [4.69, 9.17) is 4.55 Å². The van der Waals surface area contributed by atoms with Gasteiger partial charge < -0.3 is 0 Å². The van der Waals surface area contributed by atoms with Crippen molar-refractivity contribution in [1.29, 1.82) is 0 Å². The summed E-state index contributed by atoms with van der Waals surface area (Å²) in [5.41, 5.74) is 2.07. The maximum absolute atomic E-state index is 10.3. The predicted molar refractivity (Wildman–Crippen MR) is 52.0 cm³/mol. The van der Waals surface area contributed by atoms with Crippen LogP contribution in [0.15, 0.2) is 27.8 Å². The molecule has 76 valence electrons. The third-order valence-electron chi connectivity index (χ3n) is 1.68. The van der Waals surface area contributed by atoms with Gasteiger partial charge >= 0.3 is 10.3 Å². The van der Waals surface area contributed by atoms with Crippen molar-refractivity contribution in [3.8, 4) is 0 Å². The number of nitrogens with zero attached hydrogens (tertiary/aromatic N) is 2. The highest BCUT2D eigenvalue weighted by Gasteiger charge is 2.03. The average molecular weight is 214 g/mol. The first-order valence-electron chi connectivity index (χ1n) is 3.87. The van der Waals surface area contributed by atoms with Crippen LogP contribution in [0.3, 0.4) is 0 Å². The Morgan fingerprint density at radius 2 is 1.71 bits per heavy atom. The molecule has 0 spiro atoms. The zero-order chi connectivity index (χ0) is 10.8. The summed E-state index contributed by atoms with van der Waals surface area (Å²) in [5.74, 6) is 0. The highest BCUT2D eigenvalue weighted by Crippen LogP contribution is 2.23. The Morgan fingerprint density at radius 3 is 2.14 bits per heavy atom. The Hall–Kier alpha value is -1.27. The van der Waals surface area contributed by atoms with Crippen LogP contribution in [0, 0.1) is 13.8 Å². The first kappa shape index (κ1) is 10.8. The van der Waals surface area contributed by atoms with Crippen molar-refractivity contribution >= 4 is 16.0 Å². The number of rotatable bonds is 2. The second-order valence-electron chi connectivity index (χ2n) is 2.87. The van der Waals surface area contributed by atoms with Gasteiger partial charge in [-0.05, 0) is 29.5 Å². The Morgan fingerprint density at radius 1 is 1.21 bits per heavy atom. The predicted octanol–water partition coefficient (Wildman–Crippen LogP) is 2.19. The molecule has 0 aliphatic heterocycles.